The maximum absolute atomic E-state index is 12.1. The Morgan fingerprint density at radius 2 is 1.85 bits per heavy atom. The highest BCUT2D eigenvalue weighted by Crippen LogP contribution is 2.47. The molecule has 0 spiro atoms. The fourth-order valence-electron chi connectivity index (χ4n) is 3.17. The molecule has 0 unspecified atom stereocenters. The standard InChI is InChI=1S/C15H25NO4/c1-2-20-10-9-14(5-3-4-6-14)11-16-12(17)15(7-8-15)13(18)19/h2-11H2,1H3,(H,16,17)(H,18,19). The quantitative estimate of drug-likeness (QED) is 0.527. The minimum Gasteiger partial charge on any atom is -0.480 e. The third-order valence-electron chi connectivity index (χ3n) is 4.86. The van der Waals surface area contributed by atoms with Crippen LogP contribution in [-0.4, -0.2) is 36.7 Å². The summed E-state index contributed by atoms with van der Waals surface area (Å²) in [6.45, 7) is 4.00. The Labute approximate surface area is 120 Å². The Balaban J connectivity index is 1.86. The number of nitrogens with one attached hydrogen (secondary N) is 1. The molecule has 0 aromatic carbocycles. The summed E-state index contributed by atoms with van der Waals surface area (Å²) in [6.07, 6.45) is 6.46. The summed E-state index contributed by atoms with van der Waals surface area (Å²) in [4.78, 5) is 23.2. The molecule has 2 fully saturated rings. The van der Waals surface area contributed by atoms with Gasteiger partial charge in [0.25, 0.3) is 0 Å². The molecule has 0 aromatic rings. The SMILES string of the molecule is CCOCCC1(CNC(=O)C2(C(=O)O)CC2)CCCC1. The molecule has 2 aliphatic rings. The number of carboxylic acids is 1. The van der Waals surface area contributed by atoms with Gasteiger partial charge in [0.15, 0.2) is 0 Å². The summed E-state index contributed by atoms with van der Waals surface area (Å²) < 4.78 is 5.44. The van der Waals surface area contributed by atoms with E-state index in [1.54, 1.807) is 0 Å². The van der Waals surface area contributed by atoms with Crippen LogP contribution in [0.15, 0.2) is 0 Å². The van der Waals surface area contributed by atoms with Crippen LogP contribution >= 0.6 is 0 Å². The highest BCUT2D eigenvalue weighted by Gasteiger charge is 2.57. The molecule has 5 nitrogen and oxygen atoms in total. The van der Waals surface area contributed by atoms with Gasteiger partial charge in [0, 0.05) is 19.8 Å². The highest BCUT2D eigenvalue weighted by molar-refractivity contribution is 6.04. The van der Waals surface area contributed by atoms with Crippen molar-refractivity contribution in [3.05, 3.63) is 0 Å². The van der Waals surface area contributed by atoms with Gasteiger partial charge < -0.3 is 15.2 Å². The molecule has 20 heavy (non-hydrogen) atoms. The molecule has 0 bridgehead atoms. The average Bonchev–Trinajstić information content (AvgIpc) is 3.12. The monoisotopic (exact) mass is 283 g/mol. The number of carbonyl (C=O) groups excluding carboxylic acids is 1. The molecule has 0 radical (unpaired) electrons. The van der Waals surface area contributed by atoms with Crippen molar-refractivity contribution < 1.29 is 19.4 Å². The van der Waals surface area contributed by atoms with E-state index in [2.05, 4.69) is 5.32 Å². The number of aliphatic carboxylic acids is 1. The lowest BCUT2D eigenvalue weighted by atomic mass is 9.82. The second-order valence-corrected chi connectivity index (χ2v) is 6.22. The number of amides is 1. The van der Waals surface area contributed by atoms with E-state index >= 15 is 0 Å². The zero-order valence-electron chi connectivity index (χ0n) is 12.2. The second-order valence-electron chi connectivity index (χ2n) is 6.22. The molecule has 0 atom stereocenters. The smallest absolute Gasteiger partial charge is 0.319 e. The molecular weight excluding hydrogens is 258 g/mol. The number of carboxylic acid groups (broad SMARTS) is 1. The van der Waals surface area contributed by atoms with Crippen LogP contribution in [0.5, 0.6) is 0 Å². The van der Waals surface area contributed by atoms with Gasteiger partial charge in [-0.05, 0) is 44.4 Å². The minimum absolute atomic E-state index is 0.111. The van der Waals surface area contributed by atoms with E-state index in [0.29, 0.717) is 26.0 Å². The molecule has 2 rings (SSSR count). The number of rotatable bonds is 8. The molecule has 0 heterocycles. The molecule has 0 aromatic heterocycles. The zero-order chi connectivity index (χ0) is 14.6. The number of hydrogen-bond donors (Lipinski definition) is 2. The first-order valence-electron chi connectivity index (χ1n) is 7.64. The van der Waals surface area contributed by atoms with Crippen molar-refractivity contribution in [2.24, 2.45) is 10.8 Å². The lowest BCUT2D eigenvalue weighted by Gasteiger charge is -2.29. The Morgan fingerprint density at radius 1 is 1.20 bits per heavy atom. The Kier molecular flexibility index (Phi) is 4.68. The summed E-state index contributed by atoms with van der Waals surface area (Å²) in [7, 11) is 0. The van der Waals surface area contributed by atoms with Crippen molar-refractivity contribution in [1.82, 2.24) is 5.32 Å². The van der Waals surface area contributed by atoms with Crippen molar-refractivity contribution in [2.45, 2.75) is 51.9 Å². The van der Waals surface area contributed by atoms with E-state index < -0.39 is 11.4 Å². The van der Waals surface area contributed by atoms with Gasteiger partial charge in [-0.25, -0.2) is 0 Å². The van der Waals surface area contributed by atoms with Gasteiger partial charge in [0.1, 0.15) is 5.41 Å². The minimum atomic E-state index is -1.13. The van der Waals surface area contributed by atoms with Gasteiger partial charge >= 0.3 is 5.97 Å². The molecule has 1 amide bonds. The van der Waals surface area contributed by atoms with Gasteiger partial charge in [-0.2, -0.15) is 0 Å². The summed E-state index contributed by atoms with van der Waals surface area (Å²) >= 11 is 0. The van der Waals surface area contributed by atoms with Crippen LogP contribution in [0.4, 0.5) is 0 Å². The first-order chi connectivity index (χ1) is 9.55. The van der Waals surface area contributed by atoms with E-state index in [-0.39, 0.29) is 11.3 Å². The van der Waals surface area contributed by atoms with Crippen molar-refractivity contribution in [2.75, 3.05) is 19.8 Å². The second kappa shape index (κ2) is 6.12. The predicted octanol–water partition coefficient (Wildman–Crippen LogP) is 1.95. The van der Waals surface area contributed by atoms with Crippen LogP contribution in [0.2, 0.25) is 0 Å². The molecular formula is C15H25NO4. The van der Waals surface area contributed by atoms with Crippen LogP contribution < -0.4 is 5.32 Å². The molecule has 2 aliphatic carbocycles. The molecule has 2 N–H and O–H groups in total. The zero-order valence-corrected chi connectivity index (χ0v) is 12.2. The topological polar surface area (TPSA) is 75.6 Å². The largest absolute Gasteiger partial charge is 0.480 e. The number of hydrogen-bond acceptors (Lipinski definition) is 3. The van der Waals surface area contributed by atoms with E-state index in [4.69, 9.17) is 9.84 Å². The lowest BCUT2D eigenvalue weighted by molar-refractivity contribution is -0.149. The first-order valence-corrected chi connectivity index (χ1v) is 7.64. The highest BCUT2D eigenvalue weighted by atomic mass is 16.5. The van der Waals surface area contributed by atoms with E-state index in [1.807, 2.05) is 6.92 Å². The molecule has 2 saturated carbocycles. The Hall–Kier alpha value is -1.10. The van der Waals surface area contributed by atoms with E-state index in [9.17, 15) is 9.59 Å². The van der Waals surface area contributed by atoms with Crippen molar-refractivity contribution >= 4 is 11.9 Å². The van der Waals surface area contributed by atoms with Crippen molar-refractivity contribution in [3.63, 3.8) is 0 Å². The maximum atomic E-state index is 12.1. The molecule has 114 valence electrons. The van der Waals surface area contributed by atoms with Crippen LogP contribution in [-0.2, 0) is 14.3 Å². The van der Waals surface area contributed by atoms with Gasteiger partial charge in [0.2, 0.25) is 5.91 Å². The van der Waals surface area contributed by atoms with Crippen LogP contribution in [0, 0.1) is 10.8 Å². The van der Waals surface area contributed by atoms with Crippen molar-refractivity contribution in [1.29, 1.82) is 0 Å². The third-order valence-corrected chi connectivity index (χ3v) is 4.86. The van der Waals surface area contributed by atoms with E-state index in [0.717, 1.165) is 25.9 Å². The van der Waals surface area contributed by atoms with Gasteiger partial charge in [-0.3, -0.25) is 9.59 Å². The average molecular weight is 283 g/mol. The van der Waals surface area contributed by atoms with Gasteiger partial charge in [-0.1, -0.05) is 12.8 Å². The van der Waals surface area contributed by atoms with Crippen LogP contribution in [0.1, 0.15) is 51.9 Å². The van der Waals surface area contributed by atoms with Crippen molar-refractivity contribution in [3.8, 4) is 0 Å². The van der Waals surface area contributed by atoms with E-state index in [1.165, 1.54) is 12.8 Å². The molecule has 5 heteroatoms. The number of carbonyl (C=O) groups is 2. The summed E-state index contributed by atoms with van der Waals surface area (Å²) in [6, 6.07) is 0. The third kappa shape index (κ3) is 3.14. The van der Waals surface area contributed by atoms with Crippen LogP contribution in [0.25, 0.3) is 0 Å². The van der Waals surface area contributed by atoms with Gasteiger partial charge in [-0.15, -0.1) is 0 Å². The summed E-state index contributed by atoms with van der Waals surface area (Å²) in [5.41, 5.74) is -1.01. The molecule has 0 aliphatic heterocycles. The Morgan fingerprint density at radius 3 is 2.35 bits per heavy atom. The Bertz CT molecular complexity index is 370. The molecule has 0 saturated heterocycles. The summed E-state index contributed by atoms with van der Waals surface area (Å²) in [5.74, 6) is -1.28. The predicted molar refractivity (Wildman–Crippen MR) is 74.3 cm³/mol. The number of ether oxygens (including phenoxy) is 1. The van der Waals surface area contributed by atoms with Gasteiger partial charge in [0.05, 0.1) is 0 Å². The normalized spacial score (nSPS) is 22.4. The van der Waals surface area contributed by atoms with Crippen LogP contribution in [0.3, 0.4) is 0 Å². The first kappa shape index (κ1) is 15.3. The fourth-order valence-corrected chi connectivity index (χ4v) is 3.17. The maximum Gasteiger partial charge on any atom is 0.319 e. The lowest BCUT2D eigenvalue weighted by Crippen LogP contribution is -2.42. The fraction of sp³-hybridized carbons (Fsp3) is 0.867. The summed E-state index contributed by atoms with van der Waals surface area (Å²) in [5, 5.41) is 12.0.